The molecule has 0 saturated carbocycles. The Kier molecular flexibility index (Phi) is 40.8. The van der Waals surface area contributed by atoms with Crippen molar-refractivity contribution in [1.29, 1.82) is 0 Å². The van der Waals surface area contributed by atoms with Crippen LogP contribution in [0.25, 0.3) is 0 Å². The van der Waals surface area contributed by atoms with Gasteiger partial charge in [-0.25, -0.2) is 0 Å². The normalized spacial score (nSPS) is 8.64. The maximum absolute atomic E-state index is 10.4. The Hall–Kier alpha value is -1.74. The Morgan fingerprint density at radius 1 is 0.545 bits per heavy atom. The summed E-state index contributed by atoms with van der Waals surface area (Å²) in [4.78, 5) is 60.6. The molecule has 0 atom stereocenters. The van der Waals surface area contributed by atoms with Crippen LogP contribution in [0, 0.1) is 0 Å². The largest absolute Gasteiger partial charge is 3.00 e. The molecule has 0 aromatic heterocycles. The van der Waals surface area contributed by atoms with Crippen molar-refractivity contribution in [3.63, 3.8) is 0 Å². The zero-order chi connectivity index (χ0) is 25.9. The summed E-state index contributed by atoms with van der Waals surface area (Å²) < 4.78 is 0. The van der Waals surface area contributed by atoms with Crippen LogP contribution in [0.5, 0.6) is 0 Å². The van der Waals surface area contributed by atoms with E-state index in [0.717, 1.165) is 12.8 Å². The number of ketones is 3. The van der Waals surface area contributed by atoms with E-state index in [1.807, 2.05) is 20.8 Å². The predicted octanol–water partition coefficient (Wildman–Crippen LogP) is -0.737. The molecule has 0 aromatic carbocycles. The van der Waals surface area contributed by atoms with Gasteiger partial charge in [0, 0.05) is 63.0 Å². The number of aliphatic hydroxyl groups excluding tert-OH is 1. The van der Waals surface area contributed by atoms with Gasteiger partial charge < -0.3 is 34.8 Å². The molecule has 1 radical (unpaired) electrons. The summed E-state index contributed by atoms with van der Waals surface area (Å²) in [6.45, 7) is 7.88. The molecular formula is C22H37O10Zr. The fourth-order valence-electron chi connectivity index (χ4n) is 1.74. The van der Waals surface area contributed by atoms with Crippen molar-refractivity contribution in [1.82, 2.24) is 0 Å². The quantitative estimate of drug-likeness (QED) is 0.268. The van der Waals surface area contributed by atoms with Gasteiger partial charge in [0.2, 0.25) is 0 Å². The predicted molar refractivity (Wildman–Crippen MR) is 111 cm³/mol. The van der Waals surface area contributed by atoms with Crippen LogP contribution in [0.3, 0.4) is 0 Å². The van der Waals surface area contributed by atoms with E-state index in [2.05, 4.69) is 6.92 Å². The molecule has 11 heteroatoms. The summed E-state index contributed by atoms with van der Waals surface area (Å²) in [5.41, 5.74) is 0. The molecule has 1 N–H and O–H groups in total. The first-order valence-corrected chi connectivity index (χ1v) is 10.7. The molecule has 0 aliphatic carbocycles. The maximum atomic E-state index is 10.4. The van der Waals surface area contributed by atoms with Gasteiger partial charge in [-0.3, -0.25) is 14.4 Å². The van der Waals surface area contributed by atoms with E-state index in [-0.39, 0.29) is 43.6 Å². The molecule has 0 saturated heterocycles. The van der Waals surface area contributed by atoms with Crippen molar-refractivity contribution in [2.24, 2.45) is 0 Å². The van der Waals surface area contributed by atoms with E-state index in [4.69, 9.17) is 5.11 Å². The van der Waals surface area contributed by atoms with Crippen molar-refractivity contribution < 1.29 is 75.4 Å². The van der Waals surface area contributed by atoms with Crippen LogP contribution < -0.4 is 15.3 Å². The van der Waals surface area contributed by atoms with Crippen molar-refractivity contribution in [3.8, 4) is 0 Å². The van der Waals surface area contributed by atoms with Crippen LogP contribution in [0.15, 0.2) is 0 Å². The van der Waals surface area contributed by atoms with Gasteiger partial charge >= 0.3 is 26.2 Å². The second-order valence-corrected chi connectivity index (χ2v) is 6.59. The van der Waals surface area contributed by atoms with Crippen LogP contribution in [-0.2, 0) is 55.0 Å². The van der Waals surface area contributed by atoms with Crippen LogP contribution in [0.2, 0.25) is 0 Å². The molecule has 0 fully saturated rings. The summed E-state index contributed by atoms with van der Waals surface area (Å²) in [6, 6.07) is 0. The Labute approximate surface area is 215 Å². The number of carboxylic acid groups (broad SMARTS) is 3. The second kappa shape index (κ2) is 32.4. The second-order valence-electron chi connectivity index (χ2n) is 6.59. The number of carbonyl (C=O) groups is 6. The number of Topliss-reactive ketones (excluding diaryl/α,β-unsaturated/α-hetero) is 3. The molecule has 0 aliphatic heterocycles. The number of unbranched alkanes of at least 4 members (excludes halogenated alkanes) is 1. The van der Waals surface area contributed by atoms with E-state index in [0.29, 0.717) is 45.1 Å². The number of carboxylic acids is 3. The van der Waals surface area contributed by atoms with Gasteiger partial charge in [-0.2, -0.15) is 0 Å². The van der Waals surface area contributed by atoms with Crippen molar-refractivity contribution in [2.75, 3.05) is 6.61 Å². The molecule has 0 aliphatic rings. The first kappa shape index (κ1) is 41.5. The Balaban J connectivity index is -0.000000107. The number of aliphatic carboxylic acids is 3. The first-order valence-electron chi connectivity index (χ1n) is 10.7. The van der Waals surface area contributed by atoms with E-state index >= 15 is 0 Å². The summed E-state index contributed by atoms with van der Waals surface area (Å²) in [6.07, 6.45) is 3.85. The molecule has 0 heterocycles. The topological polar surface area (TPSA) is 192 Å². The fourth-order valence-corrected chi connectivity index (χ4v) is 1.74. The molecule has 0 rings (SSSR count). The third-order valence-electron chi connectivity index (χ3n) is 3.12. The van der Waals surface area contributed by atoms with Gasteiger partial charge in [0.05, 0.1) is 0 Å². The molecule has 0 amide bonds. The van der Waals surface area contributed by atoms with Gasteiger partial charge in [0.1, 0.15) is 17.3 Å². The Morgan fingerprint density at radius 3 is 0.879 bits per heavy atom. The van der Waals surface area contributed by atoms with Gasteiger partial charge in [-0.1, -0.05) is 34.1 Å². The molecule has 189 valence electrons. The van der Waals surface area contributed by atoms with Gasteiger partial charge in [-0.05, 0) is 25.7 Å². The zero-order valence-corrected chi connectivity index (χ0v) is 22.6. The smallest absolute Gasteiger partial charge is 0.550 e. The number of rotatable bonds is 14. The van der Waals surface area contributed by atoms with Crippen LogP contribution in [0.1, 0.15) is 98.3 Å². The standard InChI is InChI=1S/3C6H10O3.C4H10O.Zr/c3*1-2-3-5(7)4-6(8)9;1-2-3-4-5;/h3*2-4H2,1H3,(H,8,9);5H,2-4H2,1H3;/q;;;;+3/p-3. The van der Waals surface area contributed by atoms with Crippen LogP contribution in [0.4, 0.5) is 0 Å². The number of carbonyl (C=O) groups excluding carboxylic acids is 6. The molecule has 0 bridgehead atoms. The summed E-state index contributed by atoms with van der Waals surface area (Å²) in [5.74, 6) is -4.61. The van der Waals surface area contributed by atoms with E-state index < -0.39 is 37.2 Å². The zero-order valence-electron chi connectivity index (χ0n) is 20.1. The van der Waals surface area contributed by atoms with E-state index in [1.165, 1.54) is 0 Å². The van der Waals surface area contributed by atoms with E-state index in [1.54, 1.807) is 0 Å². The fraction of sp³-hybridized carbons (Fsp3) is 0.727. The molecule has 0 unspecified atom stereocenters. The third-order valence-corrected chi connectivity index (χ3v) is 3.12. The minimum atomic E-state index is -1.28. The average molecular weight is 553 g/mol. The molecule has 0 spiro atoms. The van der Waals surface area contributed by atoms with Crippen LogP contribution in [-0.4, -0.2) is 47.0 Å². The summed E-state index contributed by atoms with van der Waals surface area (Å²) in [7, 11) is 0. The Bertz CT molecular complexity index is 474. The van der Waals surface area contributed by atoms with Gasteiger partial charge in [0.25, 0.3) is 0 Å². The summed E-state index contributed by atoms with van der Waals surface area (Å²) in [5, 5.41) is 37.3. The minimum absolute atomic E-state index is 0. The minimum Gasteiger partial charge on any atom is -0.550 e. The summed E-state index contributed by atoms with van der Waals surface area (Å²) >= 11 is 0. The number of hydrogen-bond donors (Lipinski definition) is 1. The molecule has 0 aromatic rings. The number of aliphatic hydroxyl groups is 1. The molecular weight excluding hydrogens is 515 g/mol. The average Bonchev–Trinajstić information content (AvgIpc) is 2.62. The maximum Gasteiger partial charge on any atom is 3.00 e. The van der Waals surface area contributed by atoms with Crippen molar-refractivity contribution in [3.05, 3.63) is 0 Å². The van der Waals surface area contributed by atoms with Gasteiger partial charge in [-0.15, -0.1) is 0 Å². The molecule has 10 nitrogen and oxygen atoms in total. The van der Waals surface area contributed by atoms with E-state index in [9.17, 15) is 44.1 Å². The van der Waals surface area contributed by atoms with Crippen molar-refractivity contribution in [2.45, 2.75) is 98.3 Å². The van der Waals surface area contributed by atoms with Gasteiger partial charge in [0.15, 0.2) is 0 Å². The first-order chi connectivity index (χ1) is 14.9. The third kappa shape index (κ3) is 53.5. The SMILES string of the molecule is CCCC(=O)CC(=O)[O-].CCCC(=O)CC(=O)[O-].CCCC(=O)CC(=O)[O-].CCCCO.[Zr+3]. The monoisotopic (exact) mass is 551 g/mol. The van der Waals surface area contributed by atoms with Crippen molar-refractivity contribution >= 4 is 35.3 Å². The number of hydrogen-bond acceptors (Lipinski definition) is 10. The van der Waals surface area contributed by atoms with Crippen LogP contribution >= 0.6 is 0 Å². The molecule has 33 heavy (non-hydrogen) atoms. The Morgan fingerprint density at radius 2 is 0.788 bits per heavy atom.